The van der Waals surface area contributed by atoms with Gasteiger partial charge in [-0.1, -0.05) is 29.8 Å². The average molecular weight is 510 g/mol. The van der Waals surface area contributed by atoms with E-state index in [1.807, 2.05) is 60.1 Å². The number of imidazole rings is 1. The first-order valence-corrected chi connectivity index (χ1v) is 12.0. The third kappa shape index (κ3) is 6.26. The number of halogens is 1. The van der Waals surface area contributed by atoms with Crippen molar-refractivity contribution in [1.82, 2.24) is 14.5 Å². The number of methoxy groups -OCH3 is 1. The van der Waals surface area contributed by atoms with E-state index in [0.717, 1.165) is 22.5 Å². The van der Waals surface area contributed by atoms with E-state index in [2.05, 4.69) is 9.97 Å². The van der Waals surface area contributed by atoms with Crippen molar-refractivity contribution in [2.24, 2.45) is 7.05 Å². The van der Waals surface area contributed by atoms with E-state index in [-0.39, 0.29) is 19.0 Å². The summed E-state index contributed by atoms with van der Waals surface area (Å²) in [4.78, 5) is 21.0. The van der Waals surface area contributed by atoms with Crippen molar-refractivity contribution in [2.45, 2.75) is 33.0 Å². The van der Waals surface area contributed by atoms with E-state index in [1.165, 1.54) is 0 Å². The molecule has 2 heterocycles. The van der Waals surface area contributed by atoms with Crippen molar-refractivity contribution in [3.63, 3.8) is 0 Å². The van der Waals surface area contributed by atoms with Gasteiger partial charge >= 0.3 is 5.97 Å². The average Bonchev–Trinajstić information content (AvgIpc) is 3.21. The predicted molar refractivity (Wildman–Crippen MR) is 137 cm³/mol. The Balaban J connectivity index is 1.50. The van der Waals surface area contributed by atoms with Gasteiger partial charge in [-0.3, -0.25) is 4.79 Å². The molecule has 0 atom stereocenters. The fourth-order valence-corrected chi connectivity index (χ4v) is 3.79. The van der Waals surface area contributed by atoms with Gasteiger partial charge in [-0.25, -0.2) is 4.98 Å². The summed E-state index contributed by atoms with van der Waals surface area (Å²) in [5.74, 6) is 2.27. The lowest BCUT2D eigenvalue weighted by atomic mass is 10.1. The third-order valence-corrected chi connectivity index (χ3v) is 5.86. The Labute approximate surface area is 214 Å². The zero-order valence-corrected chi connectivity index (χ0v) is 21.2. The van der Waals surface area contributed by atoms with Gasteiger partial charge in [0, 0.05) is 30.6 Å². The normalized spacial score (nSPS) is 10.9. The summed E-state index contributed by atoms with van der Waals surface area (Å²) in [5, 5.41) is 0.667. The number of carbonyl (C=O) groups is 1. The summed E-state index contributed by atoms with van der Waals surface area (Å²) >= 11 is 5.99. The van der Waals surface area contributed by atoms with E-state index in [4.69, 9.17) is 30.5 Å². The number of nitrogens with zero attached hydrogens (tertiary/aromatic N) is 3. The number of rotatable bonds is 11. The van der Waals surface area contributed by atoms with Gasteiger partial charge < -0.3 is 23.5 Å². The zero-order valence-electron chi connectivity index (χ0n) is 20.5. The molecule has 9 heteroatoms. The number of carbonyl (C=O) groups excluding carboxylic acids is 1. The lowest BCUT2D eigenvalue weighted by molar-refractivity contribution is -0.143. The molecule has 0 saturated carbocycles. The second kappa shape index (κ2) is 11.8. The van der Waals surface area contributed by atoms with Gasteiger partial charge in [-0.05, 0) is 48.7 Å². The highest BCUT2D eigenvalue weighted by atomic mass is 35.5. The highest BCUT2D eigenvalue weighted by Crippen LogP contribution is 2.28. The number of fused-ring (bicyclic) bond motifs is 1. The predicted octanol–water partition coefficient (Wildman–Crippen LogP) is 5.28. The summed E-state index contributed by atoms with van der Waals surface area (Å²) in [6, 6.07) is 16.7. The zero-order chi connectivity index (χ0) is 25.5. The van der Waals surface area contributed by atoms with Gasteiger partial charge in [-0.2, -0.15) is 4.98 Å². The molecule has 0 bridgehead atoms. The van der Waals surface area contributed by atoms with Crippen molar-refractivity contribution < 1.29 is 23.7 Å². The minimum Gasteiger partial charge on any atom is -0.488 e. The lowest BCUT2D eigenvalue weighted by Gasteiger charge is -2.14. The van der Waals surface area contributed by atoms with E-state index in [1.54, 1.807) is 20.1 Å². The fraction of sp³-hybridized carbons (Fsp3) is 0.296. The number of benzene rings is 2. The summed E-state index contributed by atoms with van der Waals surface area (Å²) in [5.41, 5.74) is 3.35. The monoisotopic (exact) mass is 509 g/mol. The Bertz CT molecular complexity index is 1340. The number of pyridine rings is 1. The molecule has 4 rings (SSSR count). The van der Waals surface area contributed by atoms with Gasteiger partial charge in [0.2, 0.25) is 5.88 Å². The van der Waals surface area contributed by atoms with Crippen molar-refractivity contribution >= 4 is 28.7 Å². The highest BCUT2D eigenvalue weighted by Gasteiger charge is 2.13. The highest BCUT2D eigenvalue weighted by molar-refractivity contribution is 6.30. The van der Waals surface area contributed by atoms with Crippen LogP contribution in [0.15, 0.2) is 54.6 Å². The van der Waals surface area contributed by atoms with Crippen LogP contribution in [0.5, 0.6) is 17.4 Å². The first-order chi connectivity index (χ1) is 17.5. The molecule has 0 saturated heterocycles. The summed E-state index contributed by atoms with van der Waals surface area (Å²) in [6.45, 7) is 2.75. The quantitative estimate of drug-likeness (QED) is 0.254. The van der Waals surface area contributed by atoms with Crippen LogP contribution in [-0.4, -0.2) is 34.2 Å². The summed E-state index contributed by atoms with van der Waals surface area (Å²) in [6.07, 6.45) is 0.759. The molecule has 188 valence electrons. The molecule has 36 heavy (non-hydrogen) atoms. The fourth-order valence-electron chi connectivity index (χ4n) is 3.66. The smallest absolute Gasteiger partial charge is 0.306 e. The van der Waals surface area contributed by atoms with Crippen molar-refractivity contribution in [3.05, 3.63) is 76.6 Å². The van der Waals surface area contributed by atoms with Gasteiger partial charge in [-0.15, -0.1) is 0 Å². The number of ether oxygens (including phenoxy) is 4. The van der Waals surface area contributed by atoms with Crippen LogP contribution < -0.4 is 14.2 Å². The molecule has 0 radical (unpaired) electrons. The van der Waals surface area contributed by atoms with E-state index >= 15 is 0 Å². The standard InChI is InChI=1S/C27H28ClN3O5/c1-4-34-26(32)14-8-19-7-11-21(15-23(19)36-16-18-5-9-20(28)10-6-18)35-17-24-29-22-12-13-25(33-3)30-27(22)31(24)2/h5-7,9-13,15H,4,8,14,16-17H2,1-3H3. The molecule has 2 aromatic carbocycles. The molecule has 2 aromatic heterocycles. The Morgan fingerprint density at radius 1 is 1.00 bits per heavy atom. The van der Waals surface area contributed by atoms with Gasteiger partial charge in [0.05, 0.1) is 13.7 Å². The topological polar surface area (TPSA) is 84.7 Å². The first kappa shape index (κ1) is 25.3. The Hall–Kier alpha value is -3.78. The van der Waals surface area contributed by atoms with Crippen LogP contribution in [0.4, 0.5) is 0 Å². The molecular weight excluding hydrogens is 482 g/mol. The van der Waals surface area contributed by atoms with Crippen LogP contribution in [0.25, 0.3) is 11.2 Å². The molecule has 8 nitrogen and oxygen atoms in total. The molecule has 0 unspecified atom stereocenters. The molecule has 0 N–H and O–H groups in total. The second-order valence-electron chi connectivity index (χ2n) is 8.06. The van der Waals surface area contributed by atoms with E-state index in [9.17, 15) is 4.79 Å². The maximum absolute atomic E-state index is 11.9. The molecule has 0 amide bonds. The Kier molecular flexibility index (Phi) is 8.28. The van der Waals surface area contributed by atoms with Crippen LogP contribution >= 0.6 is 11.6 Å². The minimum atomic E-state index is -0.242. The molecule has 0 aliphatic heterocycles. The van der Waals surface area contributed by atoms with Crippen molar-refractivity contribution in [2.75, 3.05) is 13.7 Å². The van der Waals surface area contributed by atoms with Crippen molar-refractivity contribution in [1.29, 1.82) is 0 Å². The summed E-state index contributed by atoms with van der Waals surface area (Å²) in [7, 11) is 3.47. The summed E-state index contributed by atoms with van der Waals surface area (Å²) < 4.78 is 24.3. The second-order valence-corrected chi connectivity index (χ2v) is 8.50. The van der Waals surface area contributed by atoms with Gasteiger partial charge in [0.1, 0.15) is 36.1 Å². The van der Waals surface area contributed by atoms with Crippen molar-refractivity contribution in [3.8, 4) is 17.4 Å². The van der Waals surface area contributed by atoms with Crippen LogP contribution in [0.3, 0.4) is 0 Å². The molecule has 0 spiro atoms. The number of aromatic nitrogens is 3. The lowest BCUT2D eigenvalue weighted by Crippen LogP contribution is -2.07. The molecule has 0 aliphatic rings. The Morgan fingerprint density at radius 2 is 1.81 bits per heavy atom. The number of esters is 1. The number of hydrogen-bond donors (Lipinski definition) is 0. The molecule has 0 aliphatic carbocycles. The van der Waals surface area contributed by atoms with E-state index < -0.39 is 0 Å². The molecule has 0 fully saturated rings. The third-order valence-electron chi connectivity index (χ3n) is 5.61. The van der Waals surface area contributed by atoms with Gasteiger partial charge in [0.15, 0.2) is 5.65 Å². The van der Waals surface area contributed by atoms with Crippen LogP contribution in [-0.2, 0) is 36.2 Å². The van der Waals surface area contributed by atoms with Crippen LogP contribution in [0.1, 0.15) is 30.3 Å². The van der Waals surface area contributed by atoms with Crippen LogP contribution in [0.2, 0.25) is 5.02 Å². The number of hydrogen-bond acceptors (Lipinski definition) is 7. The first-order valence-electron chi connectivity index (χ1n) is 11.6. The van der Waals surface area contributed by atoms with E-state index in [0.29, 0.717) is 47.7 Å². The van der Waals surface area contributed by atoms with Crippen LogP contribution in [0, 0.1) is 0 Å². The molecule has 4 aromatic rings. The Morgan fingerprint density at radius 3 is 2.56 bits per heavy atom. The SMILES string of the molecule is CCOC(=O)CCc1ccc(OCc2nc3ccc(OC)nc3n2C)cc1OCc1ccc(Cl)cc1. The largest absolute Gasteiger partial charge is 0.488 e. The maximum Gasteiger partial charge on any atom is 0.306 e. The maximum atomic E-state index is 11.9. The van der Waals surface area contributed by atoms with Gasteiger partial charge in [0.25, 0.3) is 0 Å². The number of aryl methyl sites for hydroxylation is 2. The molecular formula is C27H28ClN3O5. The minimum absolute atomic E-state index is 0.242.